The second kappa shape index (κ2) is 9.09. The van der Waals surface area contributed by atoms with Crippen molar-refractivity contribution in [2.75, 3.05) is 0 Å². The predicted molar refractivity (Wildman–Crippen MR) is 145 cm³/mol. The molecule has 0 aliphatic carbocycles. The van der Waals surface area contributed by atoms with Gasteiger partial charge in [0, 0.05) is 24.1 Å². The van der Waals surface area contributed by atoms with Crippen LogP contribution in [0, 0.1) is 6.92 Å². The van der Waals surface area contributed by atoms with Gasteiger partial charge in [-0.05, 0) is 87.0 Å². The average molecular weight is 514 g/mol. The van der Waals surface area contributed by atoms with Crippen LogP contribution in [0.2, 0.25) is 0 Å². The van der Waals surface area contributed by atoms with Crippen molar-refractivity contribution in [3.63, 3.8) is 0 Å². The number of rotatable bonds is 6. The topological polar surface area (TPSA) is 74.6 Å². The fourth-order valence-corrected chi connectivity index (χ4v) is 5.18. The van der Waals surface area contributed by atoms with E-state index in [-0.39, 0.29) is 22.2 Å². The van der Waals surface area contributed by atoms with Gasteiger partial charge < -0.3 is 13.5 Å². The summed E-state index contributed by atoms with van der Waals surface area (Å²) in [6.45, 7) is 5.60. The van der Waals surface area contributed by atoms with Crippen LogP contribution in [0.1, 0.15) is 40.9 Å². The van der Waals surface area contributed by atoms with E-state index in [0.717, 1.165) is 22.0 Å². The summed E-state index contributed by atoms with van der Waals surface area (Å²) in [6, 6.07) is 17.5. The molecule has 0 fully saturated rings. The van der Waals surface area contributed by atoms with Crippen LogP contribution in [-0.4, -0.2) is 24.4 Å². The van der Waals surface area contributed by atoms with Crippen molar-refractivity contribution in [1.29, 1.82) is 0 Å². The Bertz CT molecular complexity index is 1690. The summed E-state index contributed by atoms with van der Waals surface area (Å²) in [4.78, 5) is 13.3. The van der Waals surface area contributed by atoms with Crippen LogP contribution in [0.3, 0.4) is 0 Å². The van der Waals surface area contributed by atoms with E-state index in [9.17, 15) is 13.2 Å². The molecule has 5 rings (SSSR count). The third kappa shape index (κ3) is 4.95. The first-order valence-electron chi connectivity index (χ1n) is 11.9. The SMILES string of the molecule is Cc1ccc(S(=O)(=O)Oc2ccc(C(=O)/C=C/c3ccc4c(ccn4C)c3)c3c2C=CC(C)(C)O3)cc1. The van der Waals surface area contributed by atoms with Crippen LogP contribution in [-0.2, 0) is 17.2 Å². The molecule has 188 valence electrons. The molecule has 0 spiro atoms. The summed E-state index contributed by atoms with van der Waals surface area (Å²) >= 11 is 0. The Hall–Kier alpha value is -4.10. The second-order valence-electron chi connectivity index (χ2n) is 9.69. The summed E-state index contributed by atoms with van der Waals surface area (Å²) < 4.78 is 39.6. The highest BCUT2D eigenvalue weighted by molar-refractivity contribution is 7.87. The highest BCUT2D eigenvalue weighted by atomic mass is 32.2. The fourth-order valence-electron chi connectivity index (χ4n) is 4.23. The van der Waals surface area contributed by atoms with E-state index >= 15 is 0 Å². The standard InChI is InChI=1S/C30H27NO5S/c1-20-5-9-23(10-6-20)37(33,34)36-28-14-11-24(29-25(28)15-17-30(2,3)35-29)27(32)13-8-21-7-12-26-22(19-21)16-18-31(26)4/h5-19H,1-4H3/b13-8+. The highest BCUT2D eigenvalue weighted by Crippen LogP contribution is 2.41. The summed E-state index contributed by atoms with van der Waals surface area (Å²) in [5.74, 6) is 0.123. The van der Waals surface area contributed by atoms with Gasteiger partial charge in [0.05, 0.1) is 11.1 Å². The second-order valence-corrected chi connectivity index (χ2v) is 11.2. The number of carbonyl (C=O) groups is 1. The van der Waals surface area contributed by atoms with E-state index < -0.39 is 15.7 Å². The molecule has 0 saturated carbocycles. The zero-order valence-corrected chi connectivity index (χ0v) is 21.9. The largest absolute Gasteiger partial charge is 0.482 e. The molecule has 0 N–H and O–H groups in total. The molecule has 4 aromatic rings. The fraction of sp³-hybridized carbons (Fsp3) is 0.167. The number of fused-ring (bicyclic) bond motifs is 2. The Morgan fingerprint density at radius 2 is 1.78 bits per heavy atom. The van der Waals surface area contributed by atoms with Gasteiger partial charge in [-0.1, -0.05) is 29.8 Å². The number of ketones is 1. The van der Waals surface area contributed by atoms with Crippen LogP contribution < -0.4 is 8.92 Å². The summed E-state index contributed by atoms with van der Waals surface area (Å²) in [5.41, 5.74) is 2.99. The van der Waals surface area contributed by atoms with E-state index in [1.807, 2.05) is 62.8 Å². The maximum Gasteiger partial charge on any atom is 0.339 e. The molecule has 7 heteroatoms. The maximum atomic E-state index is 13.3. The zero-order valence-electron chi connectivity index (χ0n) is 21.1. The average Bonchev–Trinajstić information content (AvgIpc) is 3.22. The summed E-state index contributed by atoms with van der Waals surface area (Å²) in [5, 5.41) is 1.08. The molecule has 3 aromatic carbocycles. The molecular formula is C30H27NO5S. The van der Waals surface area contributed by atoms with Gasteiger partial charge in [-0.3, -0.25) is 4.79 Å². The molecule has 2 heterocycles. The molecule has 0 radical (unpaired) electrons. The highest BCUT2D eigenvalue weighted by Gasteiger charge is 2.29. The van der Waals surface area contributed by atoms with E-state index in [0.29, 0.717) is 11.1 Å². The molecule has 0 atom stereocenters. The minimum Gasteiger partial charge on any atom is -0.482 e. The van der Waals surface area contributed by atoms with E-state index in [1.165, 1.54) is 24.3 Å². The lowest BCUT2D eigenvalue weighted by Gasteiger charge is -2.29. The third-order valence-electron chi connectivity index (χ3n) is 6.28. The van der Waals surface area contributed by atoms with E-state index in [2.05, 4.69) is 0 Å². The predicted octanol–water partition coefficient (Wildman–Crippen LogP) is 6.33. The van der Waals surface area contributed by atoms with Crippen LogP contribution in [0.4, 0.5) is 0 Å². The number of hydrogen-bond donors (Lipinski definition) is 0. The van der Waals surface area contributed by atoms with E-state index in [1.54, 1.807) is 36.4 Å². The van der Waals surface area contributed by atoms with Crippen molar-refractivity contribution in [2.24, 2.45) is 7.05 Å². The molecular weight excluding hydrogens is 486 g/mol. The van der Waals surface area contributed by atoms with Crippen molar-refractivity contribution < 1.29 is 22.1 Å². The van der Waals surface area contributed by atoms with Gasteiger partial charge in [-0.15, -0.1) is 0 Å². The van der Waals surface area contributed by atoms with Crippen molar-refractivity contribution in [3.8, 4) is 11.5 Å². The molecule has 37 heavy (non-hydrogen) atoms. The Morgan fingerprint density at radius 1 is 1.03 bits per heavy atom. The van der Waals surface area contributed by atoms with Crippen LogP contribution in [0.15, 0.2) is 83.9 Å². The van der Waals surface area contributed by atoms with Crippen LogP contribution in [0.25, 0.3) is 23.1 Å². The van der Waals surface area contributed by atoms with Gasteiger partial charge >= 0.3 is 10.1 Å². The van der Waals surface area contributed by atoms with Gasteiger partial charge in [0.15, 0.2) is 11.5 Å². The Morgan fingerprint density at radius 3 is 2.54 bits per heavy atom. The monoisotopic (exact) mass is 513 g/mol. The smallest absolute Gasteiger partial charge is 0.339 e. The minimum atomic E-state index is -4.08. The van der Waals surface area contributed by atoms with Crippen molar-refractivity contribution >= 4 is 39.0 Å². The Kier molecular flexibility index (Phi) is 6.04. The van der Waals surface area contributed by atoms with Crippen molar-refractivity contribution in [3.05, 3.63) is 101 Å². The lowest BCUT2D eigenvalue weighted by Crippen LogP contribution is -2.29. The number of ether oxygens (including phenoxy) is 1. The maximum absolute atomic E-state index is 13.3. The summed E-state index contributed by atoms with van der Waals surface area (Å²) in [6.07, 6.45) is 8.79. The van der Waals surface area contributed by atoms with Gasteiger partial charge in [-0.25, -0.2) is 0 Å². The Balaban J connectivity index is 1.49. The number of allylic oxidation sites excluding steroid dienone is 1. The van der Waals surface area contributed by atoms with E-state index in [4.69, 9.17) is 8.92 Å². The number of aryl methyl sites for hydroxylation is 2. The first-order valence-corrected chi connectivity index (χ1v) is 13.3. The van der Waals surface area contributed by atoms with Gasteiger partial charge in [0.2, 0.25) is 0 Å². The van der Waals surface area contributed by atoms with Gasteiger partial charge in [0.1, 0.15) is 16.2 Å². The quantitative estimate of drug-likeness (QED) is 0.171. The zero-order chi connectivity index (χ0) is 26.4. The number of aromatic nitrogens is 1. The first-order chi connectivity index (χ1) is 17.5. The van der Waals surface area contributed by atoms with Gasteiger partial charge in [0.25, 0.3) is 0 Å². The third-order valence-corrected chi connectivity index (χ3v) is 7.53. The number of nitrogens with zero attached hydrogens (tertiary/aromatic N) is 1. The lowest BCUT2D eigenvalue weighted by molar-refractivity contribution is 0.103. The van der Waals surface area contributed by atoms with Crippen molar-refractivity contribution in [1.82, 2.24) is 4.57 Å². The van der Waals surface area contributed by atoms with Crippen LogP contribution in [0.5, 0.6) is 11.5 Å². The summed E-state index contributed by atoms with van der Waals surface area (Å²) in [7, 11) is -2.09. The first kappa shape index (κ1) is 24.6. The van der Waals surface area contributed by atoms with Crippen LogP contribution >= 0.6 is 0 Å². The molecule has 6 nitrogen and oxygen atoms in total. The molecule has 0 saturated heterocycles. The Labute approximate surface area is 216 Å². The molecule has 1 aliphatic heterocycles. The van der Waals surface area contributed by atoms with Gasteiger partial charge in [-0.2, -0.15) is 8.42 Å². The normalized spacial score (nSPS) is 14.5. The minimum absolute atomic E-state index is 0.0476. The molecule has 1 aromatic heterocycles. The molecule has 0 bridgehead atoms. The molecule has 1 aliphatic rings. The molecule has 0 amide bonds. The van der Waals surface area contributed by atoms with Crippen molar-refractivity contribution in [2.45, 2.75) is 31.3 Å². The number of carbonyl (C=O) groups excluding carboxylic acids is 1. The number of hydrogen-bond acceptors (Lipinski definition) is 5. The lowest BCUT2D eigenvalue weighted by atomic mass is 9.97. The molecule has 0 unspecified atom stereocenters. The number of benzene rings is 3.